The monoisotopic (exact) mass is 282 g/mol. The molecule has 3 heteroatoms. The second kappa shape index (κ2) is 5.86. The standard InChI is InChI=1S/C18H22N2O/c1-12-9-15(10-13(2)20-12)17(19)11-14-7-8-21-18-6-4-3-5-16(14)18/h3-6,9-10,14,17H,7-8,11,19H2,1-2H3. The lowest BCUT2D eigenvalue weighted by Crippen LogP contribution is -2.20. The van der Waals surface area contributed by atoms with Gasteiger partial charge in [-0.25, -0.2) is 0 Å². The van der Waals surface area contributed by atoms with Gasteiger partial charge in [0.15, 0.2) is 0 Å². The Kier molecular flexibility index (Phi) is 3.93. The second-order valence-electron chi connectivity index (χ2n) is 5.90. The lowest BCUT2D eigenvalue weighted by molar-refractivity contribution is 0.259. The zero-order valence-corrected chi connectivity index (χ0v) is 12.7. The number of hydrogen-bond acceptors (Lipinski definition) is 3. The molecule has 2 atom stereocenters. The molecule has 3 nitrogen and oxygen atoms in total. The molecule has 0 fully saturated rings. The van der Waals surface area contributed by atoms with Crippen LogP contribution in [-0.4, -0.2) is 11.6 Å². The molecule has 0 spiro atoms. The number of benzene rings is 1. The second-order valence-corrected chi connectivity index (χ2v) is 5.90. The van der Waals surface area contributed by atoms with Crippen molar-refractivity contribution >= 4 is 0 Å². The molecule has 1 aliphatic rings. The average Bonchev–Trinajstić information content (AvgIpc) is 2.46. The van der Waals surface area contributed by atoms with E-state index in [-0.39, 0.29) is 6.04 Å². The quantitative estimate of drug-likeness (QED) is 0.934. The number of aryl methyl sites for hydroxylation is 2. The lowest BCUT2D eigenvalue weighted by atomic mass is 9.86. The lowest BCUT2D eigenvalue weighted by Gasteiger charge is -2.28. The number of para-hydroxylation sites is 1. The zero-order valence-electron chi connectivity index (χ0n) is 12.7. The summed E-state index contributed by atoms with van der Waals surface area (Å²) < 4.78 is 5.73. The summed E-state index contributed by atoms with van der Waals surface area (Å²) in [5.41, 5.74) is 11.0. The molecule has 1 aromatic carbocycles. The number of hydrogen-bond donors (Lipinski definition) is 1. The van der Waals surface area contributed by atoms with Crippen LogP contribution >= 0.6 is 0 Å². The number of nitrogens with two attached hydrogens (primary N) is 1. The van der Waals surface area contributed by atoms with Gasteiger partial charge in [0.25, 0.3) is 0 Å². The highest BCUT2D eigenvalue weighted by atomic mass is 16.5. The minimum Gasteiger partial charge on any atom is -0.493 e. The van der Waals surface area contributed by atoms with Crippen molar-refractivity contribution in [3.8, 4) is 5.75 Å². The van der Waals surface area contributed by atoms with Crippen LogP contribution in [0.5, 0.6) is 5.75 Å². The molecule has 3 rings (SSSR count). The fourth-order valence-corrected chi connectivity index (χ4v) is 3.18. The van der Waals surface area contributed by atoms with Gasteiger partial charge in [-0.05, 0) is 61.9 Å². The largest absolute Gasteiger partial charge is 0.493 e. The molecular weight excluding hydrogens is 260 g/mol. The molecule has 1 aliphatic heterocycles. The molecule has 0 amide bonds. The predicted octanol–water partition coefficient (Wildman–Crippen LogP) is 3.65. The highest BCUT2D eigenvalue weighted by molar-refractivity contribution is 5.38. The van der Waals surface area contributed by atoms with E-state index in [4.69, 9.17) is 10.5 Å². The first-order valence-corrected chi connectivity index (χ1v) is 7.56. The van der Waals surface area contributed by atoms with E-state index in [0.29, 0.717) is 5.92 Å². The number of fused-ring (bicyclic) bond motifs is 1. The number of ether oxygens (including phenoxy) is 1. The van der Waals surface area contributed by atoms with Gasteiger partial charge in [0, 0.05) is 17.4 Å². The number of aromatic nitrogens is 1. The van der Waals surface area contributed by atoms with Gasteiger partial charge >= 0.3 is 0 Å². The van der Waals surface area contributed by atoms with Crippen molar-refractivity contribution < 1.29 is 4.74 Å². The summed E-state index contributed by atoms with van der Waals surface area (Å²) in [4.78, 5) is 4.42. The fourth-order valence-electron chi connectivity index (χ4n) is 3.18. The van der Waals surface area contributed by atoms with Gasteiger partial charge in [-0.2, -0.15) is 0 Å². The normalized spacial score (nSPS) is 18.7. The van der Waals surface area contributed by atoms with Gasteiger partial charge < -0.3 is 10.5 Å². The molecule has 21 heavy (non-hydrogen) atoms. The van der Waals surface area contributed by atoms with E-state index in [9.17, 15) is 0 Å². The van der Waals surface area contributed by atoms with Crippen LogP contribution in [0.4, 0.5) is 0 Å². The van der Waals surface area contributed by atoms with Crippen molar-refractivity contribution in [2.45, 2.75) is 38.6 Å². The average molecular weight is 282 g/mol. The summed E-state index contributed by atoms with van der Waals surface area (Å²) in [6, 6.07) is 12.6. The Balaban J connectivity index is 1.81. The number of nitrogens with zero attached hydrogens (tertiary/aromatic N) is 1. The Bertz CT molecular complexity index is 619. The van der Waals surface area contributed by atoms with E-state index in [2.05, 4.69) is 29.2 Å². The topological polar surface area (TPSA) is 48.1 Å². The third kappa shape index (κ3) is 3.08. The Labute approximate surface area is 126 Å². The SMILES string of the molecule is Cc1cc(C(N)CC2CCOc3ccccc32)cc(C)n1. The highest BCUT2D eigenvalue weighted by Gasteiger charge is 2.23. The zero-order chi connectivity index (χ0) is 14.8. The van der Waals surface area contributed by atoms with E-state index >= 15 is 0 Å². The molecule has 2 unspecified atom stereocenters. The van der Waals surface area contributed by atoms with Crippen molar-refractivity contribution in [1.82, 2.24) is 4.98 Å². The van der Waals surface area contributed by atoms with Gasteiger partial charge in [-0.1, -0.05) is 18.2 Å². The third-order valence-electron chi connectivity index (χ3n) is 4.15. The molecule has 110 valence electrons. The molecule has 1 aromatic heterocycles. The number of pyridine rings is 1. The molecule has 2 N–H and O–H groups in total. The molecule has 0 bridgehead atoms. The van der Waals surface area contributed by atoms with E-state index in [1.807, 2.05) is 26.0 Å². The Hall–Kier alpha value is -1.87. The summed E-state index contributed by atoms with van der Waals surface area (Å²) in [5.74, 6) is 1.49. The first-order chi connectivity index (χ1) is 10.1. The van der Waals surface area contributed by atoms with Crippen LogP contribution in [0, 0.1) is 13.8 Å². The van der Waals surface area contributed by atoms with Gasteiger partial charge in [-0.15, -0.1) is 0 Å². The third-order valence-corrected chi connectivity index (χ3v) is 4.15. The molecule has 0 saturated carbocycles. The van der Waals surface area contributed by atoms with Crippen LogP contribution < -0.4 is 10.5 Å². The first kappa shape index (κ1) is 14.1. The van der Waals surface area contributed by atoms with Crippen molar-refractivity contribution in [3.05, 3.63) is 58.9 Å². The maximum Gasteiger partial charge on any atom is 0.122 e. The van der Waals surface area contributed by atoms with Crippen LogP contribution in [0.2, 0.25) is 0 Å². The van der Waals surface area contributed by atoms with Crippen LogP contribution in [0.3, 0.4) is 0 Å². The van der Waals surface area contributed by atoms with Crippen LogP contribution in [-0.2, 0) is 0 Å². The van der Waals surface area contributed by atoms with Crippen molar-refractivity contribution in [2.24, 2.45) is 5.73 Å². The summed E-state index contributed by atoms with van der Waals surface area (Å²) >= 11 is 0. The maximum absolute atomic E-state index is 6.45. The Morgan fingerprint density at radius 1 is 1.24 bits per heavy atom. The van der Waals surface area contributed by atoms with Crippen molar-refractivity contribution in [1.29, 1.82) is 0 Å². The minimum atomic E-state index is 0.0431. The first-order valence-electron chi connectivity index (χ1n) is 7.56. The molecule has 2 aromatic rings. The Morgan fingerprint density at radius 3 is 2.71 bits per heavy atom. The number of rotatable bonds is 3. The highest BCUT2D eigenvalue weighted by Crippen LogP contribution is 2.38. The van der Waals surface area contributed by atoms with Crippen LogP contribution in [0.25, 0.3) is 0 Å². The van der Waals surface area contributed by atoms with Gasteiger partial charge in [0.05, 0.1) is 6.61 Å². The predicted molar refractivity (Wildman–Crippen MR) is 84.6 cm³/mol. The summed E-state index contributed by atoms with van der Waals surface area (Å²) in [6.45, 7) is 4.82. The van der Waals surface area contributed by atoms with Gasteiger partial charge in [0.1, 0.15) is 5.75 Å². The molecular formula is C18H22N2O. The van der Waals surface area contributed by atoms with E-state index in [1.165, 1.54) is 11.1 Å². The summed E-state index contributed by atoms with van der Waals surface area (Å²) in [7, 11) is 0. The maximum atomic E-state index is 6.45. The fraction of sp³-hybridized carbons (Fsp3) is 0.389. The van der Waals surface area contributed by atoms with Crippen LogP contribution in [0.15, 0.2) is 36.4 Å². The summed E-state index contributed by atoms with van der Waals surface area (Å²) in [5, 5.41) is 0. The van der Waals surface area contributed by atoms with E-state index < -0.39 is 0 Å². The van der Waals surface area contributed by atoms with Crippen LogP contribution in [0.1, 0.15) is 47.3 Å². The van der Waals surface area contributed by atoms with Gasteiger partial charge in [-0.3, -0.25) is 4.98 Å². The molecule has 0 saturated heterocycles. The smallest absolute Gasteiger partial charge is 0.122 e. The molecule has 0 aliphatic carbocycles. The minimum absolute atomic E-state index is 0.0431. The van der Waals surface area contributed by atoms with E-state index in [1.54, 1.807) is 0 Å². The molecule has 0 radical (unpaired) electrons. The van der Waals surface area contributed by atoms with E-state index in [0.717, 1.165) is 36.6 Å². The molecule has 2 heterocycles. The Morgan fingerprint density at radius 2 is 1.95 bits per heavy atom. The summed E-state index contributed by atoms with van der Waals surface area (Å²) in [6.07, 6.45) is 1.98. The van der Waals surface area contributed by atoms with Crippen molar-refractivity contribution in [2.75, 3.05) is 6.61 Å². The van der Waals surface area contributed by atoms with Crippen molar-refractivity contribution in [3.63, 3.8) is 0 Å². The van der Waals surface area contributed by atoms with Gasteiger partial charge in [0.2, 0.25) is 0 Å².